The highest BCUT2D eigenvalue weighted by Gasteiger charge is 2.26. The van der Waals surface area contributed by atoms with Crippen molar-refractivity contribution in [1.29, 1.82) is 0 Å². The predicted octanol–water partition coefficient (Wildman–Crippen LogP) is 2.06. The number of hydrogen-bond acceptors (Lipinski definition) is 5. The van der Waals surface area contributed by atoms with E-state index >= 15 is 0 Å². The highest BCUT2D eigenvalue weighted by atomic mass is 16.5. The molecule has 0 amide bonds. The van der Waals surface area contributed by atoms with Crippen molar-refractivity contribution in [3.8, 4) is 0 Å². The molecule has 2 aromatic heterocycles. The summed E-state index contributed by atoms with van der Waals surface area (Å²) < 4.78 is 11.0. The summed E-state index contributed by atoms with van der Waals surface area (Å²) in [5.41, 5.74) is 0.514. The zero-order valence-electron chi connectivity index (χ0n) is 11.5. The van der Waals surface area contributed by atoms with Crippen LogP contribution in [0.1, 0.15) is 21.0 Å². The number of pyridine rings is 1. The lowest BCUT2D eigenvalue weighted by Crippen LogP contribution is -2.13. The normalized spacial score (nSPS) is 10.8. The number of hydrogen-bond donors (Lipinski definition) is 0. The van der Waals surface area contributed by atoms with E-state index < -0.39 is 11.9 Å². The van der Waals surface area contributed by atoms with E-state index in [1.54, 1.807) is 10.6 Å². The van der Waals surface area contributed by atoms with Crippen LogP contribution in [0.25, 0.3) is 16.4 Å². The third kappa shape index (κ3) is 1.92. The van der Waals surface area contributed by atoms with E-state index in [2.05, 4.69) is 4.98 Å². The van der Waals surface area contributed by atoms with Gasteiger partial charge >= 0.3 is 11.9 Å². The Morgan fingerprint density at radius 3 is 2.48 bits per heavy atom. The lowest BCUT2D eigenvalue weighted by atomic mass is 10.2. The molecule has 0 atom stereocenters. The molecule has 21 heavy (non-hydrogen) atoms. The summed E-state index contributed by atoms with van der Waals surface area (Å²) in [6, 6.07) is 9.42. The first-order valence-corrected chi connectivity index (χ1v) is 6.23. The molecule has 0 aliphatic carbocycles. The smallest absolute Gasteiger partial charge is 0.359 e. The molecule has 0 spiro atoms. The first kappa shape index (κ1) is 13.1. The van der Waals surface area contributed by atoms with E-state index in [9.17, 15) is 9.59 Å². The zero-order chi connectivity index (χ0) is 15.0. The van der Waals surface area contributed by atoms with Crippen LogP contribution in [0.4, 0.5) is 0 Å². The Morgan fingerprint density at radius 1 is 1.05 bits per heavy atom. The van der Waals surface area contributed by atoms with Crippen LogP contribution in [0.5, 0.6) is 0 Å². The lowest BCUT2D eigenvalue weighted by molar-refractivity contribution is 0.0546. The van der Waals surface area contributed by atoms with Crippen LogP contribution in [0.15, 0.2) is 36.5 Å². The number of fused-ring (bicyclic) bond motifs is 3. The van der Waals surface area contributed by atoms with E-state index in [-0.39, 0.29) is 11.4 Å². The standard InChI is InChI=1S/C15H12N2O4/c1-20-14(18)11-12(15(19)21-2)17-8-7-9-5-3-4-6-10(9)13(17)16-11/h3-8H,1-2H3. The van der Waals surface area contributed by atoms with Crippen molar-refractivity contribution >= 4 is 28.4 Å². The van der Waals surface area contributed by atoms with E-state index in [1.807, 2.05) is 30.3 Å². The molecule has 0 radical (unpaired) electrons. The van der Waals surface area contributed by atoms with E-state index in [1.165, 1.54) is 14.2 Å². The Bertz CT molecular complexity index is 867. The van der Waals surface area contributed by atoms with Crippen LogP contribution in [0.2, 0.25) is 0 Å². The summed E-state index contributed by atoms with van der Waals surface area (Å²) >= 11 is 0. The average molecular weight is 284 g/mol. The van der Waals surface area contributed by atoms with Gasteiger partial charge in [0.2, 0.25) is 0 Å². The molecule has 2 heterocycles. The highest BCUT2D eigenvalue weighted by Crippen LogP contribution is 2.23. The molecule has 0 bridgehead atoms. The Balaban J connectivity index is 2.43. The third-order valence-electron chi connectivity index (χ3n) is 3.27. The number of nitrogens with zero attached hydrogens (tertiary/aromatic N) is 2. The number of carbonyl (C=O) groups is 2. The molecule has 3 aromatic rings. The van der Waals surface area contributed by atoms with Crippen molar-refractivity contribution in [2.24, 2.45) is 0 Å². The van der Waals surface area contributed by atoms with Gasteiger partial charge in [0.15, 0.2) is 11.4 Å². The van der Waals surface area contributed by atoms with Crippen LogP contribution in [0, 0.1) is 0 Å². The quantitative estimate of drug-likeness (QED) is 0.674. The minimum absolute atomic E-state index is 0.0549. The summed E-state index contributed by atoms with van der Waals surface area (Å²) in [7, 11) is 2.50. The van der Waals surface area contributed by atoms with Gasteiger partial charge in [0.05, 0.1) is 14.2 Å². The maximum absolute atomic E-state index is 12.0. The van der Waals surface area contributed by atoms with Gasteiger partial charge in [-0.2, -0.15) is 0 Å². The molecule has 0 unspecified atom stereocenters. The SMILES string of the molecule is COC(=O)c1nc2c3ccccc3ccn2c1C(=O)OC. The highest BCUT2D eigenvalue weighted by molar-refractivity contribution is 6.04. The molecule has 0 fully saturated rings. The molecular formula is C15H12N2O4. The van der Waals surface area contributed by atoms with Crippen molar-refractivity contribution in [3.05, 3.63) is 47.9 Å². The van der Waals surface area contributed by atoms with Crippen molar-refractivity contribution in [2.45, 2.75) is 0 Å². The van der Waals surface area contributed by atoms with E-state index in [4.69, 9.17) is 9.47 Å². The predicted molar refractivity (Wildman–Crippen MR) is 75.4 cm³/mol. The topological polar surface area (TPSA) is 69.9 Å². The molecule has 0 N–H and O–H groups in total. The largest absolute Gasteiger partial charge is 0.464 e. The molecule has 0 aliphatic rings. The molecule has 6 nitrogen and oxygen atoms in total. The summed E-state index contributed by atoms with van der Waals surface area (Å²) in [5, 5.41) is 1.79. The second-order valence-corrected chi connectivity index (χ2v) is 4.39. The van der Waals surface area contributed by atoms with Crippen LogP contribution < -0.4 is 0 Å². The Labute approximate surface area is 119 Å². The van der Waals surface area contributed by atoms with Crippen molar-refractivity contribution in [1.82, 2.24) is 9.38 Å². The lowest BCUT2D eigenvalue weighted by Gasteiger charge is -2.03. The molecule has 6 heteroatoms. The number of aromatic nitrogens is 2. The average Bonchev–Trinajstić information content (AvgIpc) is 2.93. The van der Waals surface area contributed by atoms with Crippen molar-refractivity contribution in [2.75, 3.05) is 14.2 Å². The molecular weight excluding hydrogens is 272 g/mol. The minimum Gasteiger partial charge on any atom is -0.464 e. The van der Waals surface area contributed by atoms with Crippen LogP contribution >= 0.6 is 0 Å². The summed E-state index contributed by atoms with van der Waals surface area (Å²) in [6.07, 6.45) is 1.68. The van der Waals surface area contributed by atoms with Crippen molar-refractivity contribution < 1.29 is 19.1 Å². The van der Waals surface area contributed by atoms with Gasteiger partial charge < -0.3 is 9.47 Å². The fraction of sp³-hybridized carbons (Fsp3) is 0.133. The monoisotopic (exact) mass is 284 g/mol. The molecule has 0 saturated heterocycles. The Hall–Kier alpha value is -2.89. The van der Waals surface area contributed by atoms with Gasteiger partial charge in [-0.15, -0.1) is 0 Å². The first-order chi connectivity index (χ1) is 10.2. The molecule has 0 saturated carbocycles. The fourth-order valence-electron chi connectivity index (χ4n) is 2.30. The number of ether oxygens (including phenoxy) is 2. The van der Waals surface area contributed by atoms with Gasteiger partial charge in [-0.3, -0.25) is 4.40 Å². The zero-order valence-corrected chi connectivity index (χ0v) is 11.5. The second kappa shape index (κ2) is 4.90. The number of imidazole rings is 1. The summed E-state index contributed by atoms with van der Waals surface area (Å²) in [6.45, 7) is 0. The van der Waals surface area contributed by atoms with Gasteiger partial charge in [0.1, 0.15) is 5.65 Å². The van der Waals surface area contributed by atoms with Crippen LogP contribution in [0.3, 0.4) is 0 Å². The minimum atomic E-state index is -0.678. The number of carbonyl (C=O) groups excluding carboxylic acids is 2. The second-order valence-electron chi connectivity index (χ2n) is 4.39. The van der Waals surface area contributed by atoms with Gasteiger partial charge in [0, 0.05) is 11.6 Å². The fourth-order valence-corrected chi connectivity index (χ4v) is 2.30. The summed E-state index contributed by atoms with van der Waals surface area (Å²) in [4.78, 5) is 28.1. The summed E-state index contributed by atoms with van der Waals surface area (Å²) in [5.74, 6) is -1.32. The van der Waals surface area contributed by atoms with Crippen LogP contribution in [-0.4, -0.2) is 35.5 Å². The van der Waals surface area contributed by atoms with Gasteiger partial charge in [0.25, 0.3) is 0 Å². The van der Waals surface area contributed by atoms with Crippen LogP contribution in [-0.2, 0) is 9.47 Å². The Morgan fingerprint density at radius 2 is 1.76 bits per heavy atom. The Kier molecular flexibility index (Phi) is 3.06. The third-order valence-corrected chi connectivity index (χ3v) is 3.27. The molecule has 1 aromatic carbocycles. The van der Waals surface area contributed by atoms with E-state index in [0.717, 1.165) is 10.8 Å². The number of esters is 2. The number of benzene rings is 1. The van der Waals surface area contributed by atoms with Gasteiger partial charge in [-0.05, 0) is 11.5 Å². The maximum atomic E-state index is 12.0. The maximum Gasteiger partial charge on any atom is 0.359 e. The van der Waals surface area contributed by atoms with E-state index in [0.29, 0.717) is 5.65 Å². The van der Waals surface area contributed by atoms with Gasteiger partial charge in [-0.1, -0.05) is 24.3 Å². The number of rotatable bonds is 2. The number of methoxy groups -OCH3 is 2. The van der Waals surface area contributed by atoms with Crippen molar-refractivity contribution in [3.63, 3.8) is 0 Å². The molecule has 106 valence electrons. The molecule has 3 rings (SSSR count). The molecule has 0 aliphatic heterocycles. The van der Waals surface area contributed by atoms with Gasteiger partial charge in [-0.25, -0.2) is 14.6 Å². The first-order valence-electron chi connectivity index (χ1n) is 6.23.